The summed E-state index contributed by atoms with van der Waals surface area (Å²) < 4.78 is 4.86. The number of rotatable bonds is 12. The molecule has 0 radical (unpaired) electrons. The molecular formula is C14H23NO4. The molecule has 0 aliphatic heterocycles. The molecule has 0 rings (SSSR count). The van der Waals surface area contributed by atoms with Crippen LogP contribution in [0.3, 0.4) is 0 Å². The smallest absolute Gasteiger partial charge is 0.306 e. The van der Waals surface area contributed by atoms with Crippen molar-refractivity contribution in [3.8, 4) is 0 Å². The van der Waals surface area contributed by atoms with Crippen molar-refractivity contribution in [1.82, 2.24) is 0 Å². The maximum atomic E-state index is 11.1. The van der Waals surface area contributed by atoms with Gasteiger partial charge in [0.1, 0.15) is 6.61 Å². The second kappa shape index (κ2) is 12.8. The molecule has 0 saturated heterocycles. The third kappa shape index (κ3) is 14.3. The van der Waals surface area contributed by atoms with Gasteiger partial charge in [0.15, 0.2) is 0 Å². The Hall–Kier alpha value is -1.65. The number of esters is 1. The molecule has 0 aromatic rings. The van der Waals surface area contributed by atoms with Crippen molar-refractivity contribution < 1.29 is 14.5 Å². The number of ether oxygens (including phenoxy) is 1. The molecule has 0 N–H and O–H groups in total. The summed E-state index contributed by atoms with van der Waals surface area (Å²) in [7, 11) is 0. The van der Waals surface area contributed by atoms with Crippen LogP contribution in [0.4, 0.5) is 0 Å². The van der Waals surface area contributed by atoms with Crippen LogP contribution in [0.25, 0.3) is 0 Å². The second-order valence-electron chi connectivity index (χ2n) is 4.30. The third-order valence-corrected chi connectivity index (χ3v) is 2.59. The van der Waals surface area contributed by atoms with Crippen LogP contribution in [-0.4, -0.2) is 17.5 Å². The molecule has 0 aromatic heterocycles. The molecule has 5 heteroatoms. The minimum Gasteiger partial charge on any atom is -0.461 e. The molecule has 19 heavy (non-hydrogen) atoms. The average molecular weight is 269 g/mol. The molecule has 0 atom stereocenters. The van der Waals surface area contributed by atoms with Gasteiger partial charge < -0.3 is 4.74 Å². The van der Waals surface area contributed by atoms with E-state index in [1.807, 2.05) is 0 Å². The molecule has 0 amide bonds. The fourth-order valence-electron chi connectivity index (χ4n) is 1.62. The van der Waals surface area contributed by atoms with E-state index in [9.17, 15) is 14.9 Å². The lowest BCUT2D eigenvalue weighted by Crippen LogP contribution is -2.03. The molecule has 0 heterocycles. The molecule has 0 bridgehead atoms. The van der Waals surface area contributed by atoms with Gasteiger partial charge >= 0.3 is 5.97 Å². The van der Waals surface area contributed by atoms with Crippen LogP contribution in [0.2, 0.25) is 0 Å². The fraction of sp³-hybridized carbons (Fsp3) is 0.643. The first-order valence-corrected chi connectivity index (χ1v) is 6.73. The monoisotopic (exact) mass is 269 g/mol. The number of unbranched alkanes of at least 4 members (excludes halogenated alkanes) is 6. The second-order valence-corrected chi connectivity index (χ2v) is 4.30. The summed E-state index contributed by atoms with van der Waals surface area (Å²) in [6.07, 6.45) is 11.5. The van der Waals surface area contributed by atoms with E-state index in [2.05, 4.69) is 6.58 Å². The lowest BCUT2D eigenvalue weighted by atomic mass is 10.1. The van der Waals surface area contributed by atoms with Crippen molar-refractivity contribution in [1.29, 1.82) is 0 Å². The van der Waals surface area contributed by atoms with Crippen molar-refractivity contribution >= 4 is 5.97 Å². The third-order valence-electron chi connectivity index (χ3n) is 2.59. The predicted molar refractivity (Wildman–Crippen MR) is 74.2 cm³/mol. The highest BCUT2D eigenvalue weighted by molar-refractivity contribution is 5.69. The number of hydrogen-bond acceptors (Lipinski definition) is 4. The van der Waals surface area contributed by atoms with Crippen molar-refractivity contribution in [2.75, 3.05) is 6.61 Å². The van der Waals surface area contributed by atoms with Gasteiger partial charge in [-0.05, 0) is 25.3 Å². The number of nitrogens with zero attached hydrogens (tertiary/aromatic N) is 1. The number of allylic oxidation sites excluding steroid dienone is 1. The van der Waals surface area contributed by atoms with E-state index in [0.29, 0.717) is 6.42 Å². The number of nitro groups is 1. The van der Waals surface area contributed by atoms with Gasteiger partial charge in [0, 0.05) is 6.42 Å². The van der Waals surface area contributed by atoms with Crippen LogP contribution >= 0.6 is 0 Å². The molecule has 0 spiro atoms. The number of hydrogen-bond donors (Lipinski definition) is 0. The summed E-state index contributed by atoms with van der Waals surface area (Å²) >= 11 is 0. The van der Waals surface area contributed by atoms with Crippen LogP contribution in [-0.2, 0) is 9.53 Å². The topological polar surface area (TPSA) is 69.4 Å². The summed E-state index contributed by atoms with van der Waals surface area (Å²) in [6.45, 7) is 3.76. The molecule has 0 unspecified atom stereocenters. The molecule has 5 nitrogen and oxygen atoms in total. The van der Waals surface area contributed by atoms with E-state index >= 15 is 0 Å². The summed E-state index contributed by atoms with van der Waals surface area (Å²) in [4.78, 5) is 20.7. The van der Waals surface area contributed by atoms with Gasteiger partial charge in [-0.25, -0.2) is 0 Å². The van der Waals surface area contributed by atoms with Crippen molar-refractivity contribution in [3.63, 3.8) is 0 Å². The maximum Gasteiger partial charge on any atom is 0.306 e. The van der Waals surface area contributed by atoms with Gasteiger partial charge in [-0.3, -0.25) is 14.9 Å². The van der Waals surface area contributed by atoms with E-state index in [1.165, 1.54) is 0 Å². The van der Waals surface area contributed by atoms with E-state index in [1.54, 1.807) is 12.2 Å². The summed E-state index contributed by atoms with van der Waals surface area (Å²) in [5, 5.41) is 10.0. The van der Waals surface area contributed by atoms with Crippen molar-refractivity contribution in [3.05, 3.63) is 35.0 Å². The molecule has 0 saturated carbocycles. The Kier molecular flexibility index (Phi) is 11.7. The van der Waals surface area contributed by atoms with E-state index in [-0.39, 0.29) is 12.6 Å². The fourth-order valence-corrected chi connectivity index (χ4v) is 1.62. The Morgan fingerprint density at radius 2 is 1.79 bits per heavy atom. The summed E-state index contributed by atoms with van der Waals surface area (Å²) in [6, 6.07) is 0. The zero-order chi connectivity index (χ0) is 14.3. The van der Waals surface area contributed by atoms with Gasteiger partial charge in [-0.1, -0.05) is 38.3 Å². The average Bonchev–Trinajstić information content (AvgIpc) is 2.38. The van der Waals surface area contributed by atoms with Crippen LogP contribution in [0.5, 0.6) is 0 Å². The highest BCUT2D eigenvalue weighted by Crippen LogP contribution is 2.09. The molecule has 108 valence electrons. The Bertz CT molecular complexity index is 300. The highest BCUT2D eigenvalue weighted by atomic mass is 16.6. The minimum absolute atomic E-state index is 0.162. The SMILES string of the molecule is C=CCOC(=O)CCCCCCCC/C=C/[N+](=O)[O-]. The Labute approximate surface area is 114 Å². The van der Waals surface area contributed by atoms with E-state index < -0.39 is 4.92 Å². The van der Waals surface area contributed by atoms with Gasteiger partial charge in [0.2, 0.25) is 6.20 Å². The van der Waals surface area contributed by atoms with Crippen molar-refractivity contribution in [2.45, 2.75) is 51.4 Å². The molecule has 0 aromatic carbocycles. The first-order valence-electron chi connectivity index (χ1n) is 6.73. The zero-order valence-corrected chi connectivity index (χ0v) is 11.4. The van der Waals surface area contributed by atoms with Gasteiger partial charge in [0.05, 0.1) is 4.92 Å². The number of carbonyl (C=O) groups excluding carboxylic acids is 1. The Balaban J connectivity index is 3.20. The number of carbonyl (C=O) groups is 1. The molecular weight excluding hydrogens is 246 g/mol. The quantitative estimate of drug-likeness (QED) is 0.178. The standard InChI is InChI=1S/C14H23NO4/c1-2-13-19-14(16)11-9-7-5-3-4-6-8-10-12-15(17)18/h2,10,12H,1,3-9,11,13H2/b12-10+. The van der Waals surface area contributed by atoms with Crippen LogP contribution in [0.1, 0.15) is 51.4 Å². The van der Waals surface area contributed by atoms with Crippen LogP contribution < -0.4 is 0 Å². The van der Waals surface area contributed by atoms with Gasteiger partial charge in [-0.2, -0.15) is 0 Å². The summed E-state index contributed by atoms with van der Waals surface area (Å²) in [5.41, 5.74) is 0. The molecule has 0 aliphatic carbocycles. The first kappa shape index (κ1) is 17.4. The zero-order valence-electron chi connectivity index (χ0n) is 11.4. The lowest BCUT2D eigenvalue weighted by Gasteiger charge is -2.02. The van der Waals surface area contributed by atoms with Crippen molar-refractivity contribution in [2.24, 2.45) is 0 Å². The summed E-state index contributed by atoms with van der Waals surface area (Å²) in [5.74, 6) is -0.162. The molecule has 0 aliphatic rings. The maximum absolute atomic E-state index is 11.1. The molecule has 0 fully saturated rings. The van der Waals surface area contributed by atoms with E-state index in [0.717, 1.165) is 51.1 Å². The minimum atomic E-state index is -0.439. The Morgan fingerprint density at radius 3 is 2.42 bits per heavy atom. The van der Waals surface area contributed by atoms with Gasteiger partial charge in [0.25, 0.3) is 0 Å². The largest absolute Gasteiger partial charge is 0.461 e. The van der Waals surface area contributed by atoms with Gasteiger partial charge in [-0.15, -0.1) is 0 Å². The highest BCUT2D eigenvalue weighted by Gasteiger charge is 2.00. The lowest BCUT2D eigenvalue weighted by molar-refractivity contribution is -0.402. The van der Waals surface area contributed by atoms with Crippen LogP contribution in [0, 0.1) is 10.1 Å². The Morgan fingerprint density at radius 1 is 1.16 bits per heavy atom. The van der Waals surface area contributed by atoms with E-state index in [4.69, 9.17) is 4.74 Å². The first-order chi connectivity index (χ1) is 9.16. The predicted octanol–water partition coefficient (Wildman–Crippen LogP) is 3.63. The normalized spacial score (nSPS) is 10.5. The van der Waals surface area contributed by atoms with Crippen LogP contribution in [0.15, 0.2) is 24.9 Å².